The minimum absolute atomic E-state index is 0.00555. The third kappa shape index (κ3) is 10.1. The van der Waals surface area contributed by atoms with E-state index in [1.54, 1.807) is 12.1 Å². The molecule has 61 heavy (non-hydrogen) atoms. The number of terminal acetylenes is 1. The van der Waals surface area contributed by atoms with Gasteiger partial charge in [0.05, 0.1) is 29.3 Å². The first-order chi connectivity index (χ1) is 29.0. The number of aryl methyl sites for hydroxylation is 1. The molecule has 5 aromatic rings. The van der Waals surface area contributed by atoms with E-state index in [0.29, 0.717) is 59.4 Å². The molecule has 0 radical (unpaired) electrons. The summed E-state index contributed by atoms with van der Waals surface area (Å²) in [5.74, 6) is 2.18. The maximum Gasteiger partial charge on any atom is 0.319 e. The van der Waals surface area contributed by atoms with Crippen molar-refractivity contribution >= 4 is 37.7 Å². The molecular weight excluding hydrogens is 822 g/mol. The Morgan fingerprint density at radius 3 is 2.34 bits per heavy atom. The minimum Gasteiger partial charge on any atom is -0.497 e. The molecule has 8 nitrogen and oxygen atoms in total. The number of nitrogens with one attached hydrogen (secondary N) is 2. The number of nitrogens with zero attached hydrogens (tertiary/aromatic N) is 4. The van der Waals surface area contributed by atoms with E-state index in [2.05, 4.69) is 33.1 Å². The van der Waals surface area contributed by atoms with Gasteiger partial charge in [-0.2, -0.15) is 9.97 Å². The Morgan fingerprint density at radius 1 is 0.918 bits per heavy atom. The lowest BCUT2D eigenvalue weighted by Gasteiger charge is -2.40. The van der Waals surface area contributed by atoms with Gasteiger partial charge in [-0.15, -0.1) is 6.42 Å². The number of benzene rings is 3. The van der Waals surface area contributed by atoms with Crippen LogP contribution < -0.4 is 20.1 Å². The molecule has 3 aromatic carbocycles. The molecule has 2 fully saturated rings. The molecule has 16 heteroatoms. The number of fused-ring (bicyclic) bond motifs is 2. The summed E-state index contributed by atoms with van der Waals surface area (Å²) in [5.41, 5.74) is 1.51. The van der Waals surface area contributed by atoms with Crippen LogP contribution in [-0.2, 0) is 6.42 Å². The van der Waals surface area contributed by atoms with Crippen LogP contribution in [0.3, 0.4) is 0 Å². The van der Waals surface area contributed by atoms with Crippen LogP contribution in [0.15, 0.2) is 59.5 Å². The standard InChI is InChI=1S/C36H40F2N6O.C7H7F5OS.C2H6/c1-3-23-9-5-12-28-30-33(31(38)32(41-28)26-11-6-10-24-13-14-27(37)25(4-2)29(24)26)42-35(43-34(30)40-18-17-39-21-23)45-22-36-15-7-19-44(36)20-8-16-36;1-13-6-3-2-4-7(5-6)14(8,9,10,11)12;1-2/h2,6,10-11,13-14,23,39H,3,5,7-9,12,15-22H2,1H3,(H,40,42,43);2-5H,1H3;1-2H3. The highest BCUT2D eigenvalue weighted by atomic mass is 32.5. The molecule has 0 spiro atoms. The molecule has 1 atom stereocenters. The van der Waals surface area contributed by atoms with Gasteiger partial charge >= 0.3 is 16.2 Å². The maximum atomic E-state index is 17.0. The quantitative estimate of drug-likeness (QED) is 0.124. The van der Waals surface area contributed by atoms with Gasteiger partial charge in [0.15, 0.2) is 5.82 Å². The highest BCUT2D eigenvalue weighted by Gasteiger charge is 2.65. The first kappa shape index (κ1) is 45.7. The Hall–Kier alpha value is -4.85. The van der Waals surface area contributed by atoms with Crippen molar-refractivity contribution in [2.75, 3.05) is 51.8 Å². The summed E-state index contributed by atoms with van der Waals surface area (Å²) in [6.45, 7) is 11.1. The van der Waals surface area contributed by atoms with Gasteiger partial charge in [-0.25, -0.2) is 13.8 Å². The van der Waals surface area contributed by atoms with Crippen molar-refractivity contribution in [1.29, 1.82) is 0 Å². The maximum absolute atomic E-state index is 17.0. The predicted molar refractivity (Wildman–Crippen MR) is 230 cm³/mol. The van der Waals surface area contributed by atoms with Crippen LogP contribution in [0.25, 0.3) is 32.9 Å². The fraction of sp³-hybridized carbons (Fsp3) is 0.444. The van der Waals surface area contributed by atoms with Crippen molar-refractivity contribution in [2.45, 2.75) is 82.6 Å². The summed E-state index contributed by atoms with van der Waals surface area (Å²) in [6, 6.07) is 11.2. The Bertz CT molecular complexity index is 2400. The molecular formula is C45H53F7N6O2S. The van der Waals surface area contributed by atoms with Crippen LogP contribution in [0.1, 0.15) is 77.0 Å². The smallest absolute Gasteiger partial charge is 0.319 e. The Morgan fingerprint density at radius 2 is 1.66 bits per heavy atom. The normalized spacial score (nSPS) is 19.0. The van der Waals surface area contributed by atoms with Gasteiger partial charge < -0.3 is 20.1 Å². The summed E-state index contributed by atoms with van der Waals surface area (Å²) in [4.78, 5) is 15.1. The average Bonchev–Trinajstić information content (AvgIpc) is 3.83. The molecule has 3 aliphatic rings. The highest BCUT2D eigenvalue weighted by molar-refractivity contribution is 8.45. The van der Waals surface area contributed by atoms with Gasteiger partial charge in [-0.05, 0) is 94.1 Å². The number of aromatic nitrogens is 3. The lowest BCUT2D eigenvalue weighted by Crippen LogP contribution is -2.43. The molecule has 0 bridgehead atoms. The van der Waals surface area contributed by atoms with Crippen molar-refractivity contribution in [3.8, 4) is 35.4 Å². The molecule has 0 saturated carbocycles. The molecule has 2 saturated heterocycles. The van der Waals surface area contributed by atoms with E-state index in [1.165, 1.54) is 6.07 Å². The summed E-state index contributed by atoms with van der Waals surface area (Å²) in [5, 5.41) is 8.76. The number of hydrogen-bond acceptors (Lipinski definition) is 8. The van der Waals surface area contributed by atoms with Gasteiger partial charge in [0.25, 0.3) is 0 Å². The fourth-order valence-electron chi connectivity index (χ4n) is 8.55. The van der Waals surface area contributed by atoms with Gasteiger partial charge in [0, 0.05) is 30.1 Å². The largest absolute Gasteiger partial charge is 0.497 e. The third-order valence-electron chi connectivity index (χ3n) is 11.6. The van der Waals surface area contributed by atoms with Gasteiger partial charge in [-0.1, -0.05) is 82.9 Å². The minimum atomic E-state index is -9.56. The van der Waals surface area contributed by atoms with E-state index in [9.17, 15) is 23.8 Å². The number of methoxy groups -OCH3 is 1. The van der Waals surface area contributed by atoms with E-state index in [0.717, 1.165) is 95.8 Å². The SMILES string of the molecule is C#Cc1c(F)ccc2cccc(-c3nc4c5c(nc(OCC67CCCN6CCC7)nc5c3F)NCCNCC(CC)CCC4)c12.CC.COc1cccc(S(F)(F)(F)(F)F)c1. The van der Waals surface area contributed by atoms with Gasteiger partial charge in [0.2, 0.25) is 0 Å². The van der Waals surface area contributed by atoms with Crippen LogP contribution in [0.4, 0.5) is 34.0 Å². The molecule has 2 aromatic heterocycles. The van der Waals surface area contributed by atoms with Crippen molar-refractivity contribution in [3.63, 3.8) is 0 Å². The van der Waals surface area contributed by atoms with Crippen LogP contribution in [-0.4, -0.2) is 71.8 Å². The Balaban J connectivity index is 0.000000330. The first-order valence-corrected chi connectivity index (χ1v) is 22.8. The lowest BCUT2D eigenvalue weighted by atomic mass is 9.94. The molecule has 0 aliphatic carbocycles. The number of pyridine rings is 1. The lowest BCUT2D eigenvalue weighted by molar-refractivity contribution is 0.108. The van der Waals surface area contributed by atoms with Crippen LogP contribution in [0.5, 0.6) is 11.8 Å². The number of hydrogen-bond donors (Lipinski definition) is 2. The molecule has 3 aliphatic heterocycles. The third-order valence-corrected chi connectivity index (χ3v) is 12.8. The van der Waals surface area contributed by atoms with E-state index in [4.69, 9.17) is 26.1 Å². The zero-order valence-electron chi connectivity index (χ0n) is 34.9. The average molecular weight is 875 g/mol. The summed E-state index contributed by atoms with van der Waals surface area (Å²) in [6.07, 6.45) is 13.8. The van der Waals surface area contributed by atoms with Crippen molar-refractivity contribution in [1.82, 2.24) is 25.2 Å². The summed E-state index contributed by atoms with van der Waals surface area (Å²) < 4.78 is 104. The van der Waals surface area contributed by atoms with E-state index >= 15 is 4.39 Å². The number of rotatable bonds is 7. The fourth-order valence-corrected chi connectivity index (χ4v) is 9.23. The topological polar surface area (TPSA) is 84.4 Å². The second-order valence-corrected chi connectivity index (χ2v) is 17.8. The molecule has 0 amide bonds. The van der Waals surface area contributed by atoms with E-state index in [-0.39, 0.29) is 40.1 Å². The highest BCUT2D eigenvalue weighted by Crippen LogP contribution is 3.02. The van der Waals surface area contributed by atoms with Crippen molar-refractivity contribution < 1.29 is 37.7 Å². The Kier molecular flexibility index (Phi) is 13.4. The van der Waals surface area contributed by atoms with Crippen molar-refractivity contribution in [3.05, 3.63) is 77.5 Å². The van der Waals surface area contributed by atoms with E-state index in [1.807, 2.05) is 26.0 Å². The molecule has 2 N–H and O–H groups in total. The van der Waals surface area contributed by atoms with Gasteiger partial charge in [-0.3, -0.25) is 4.90 Å². The number of halogens is 7. The Labute approximate surface area is 352 Å². The predicted octanol–water partition coefficient (Wildman–Crippen LogP) is 11.9. The molecule has 1 unspecified atom stereocenters. The first-order valence-electron chi connectivity index (χ1n) is 20.8. The number of anilines is 1. The number of ether oxygens (including phenoxy) is 2. The second-order valence-electron chi connectivity index (χ2n) is 15.4. The summed E-state index contributed by atoms with van der Waals surface area (Å²) in [7, 11) is -8.46. The molecule has 5 heterocycles. The summed E-state index contributed by atoms with van der Waals surface area (Å²) >= 11 is 0. The molecule has 8 rings (SSSR count). The molecule has 330 valence electrons. The van der Waals surface area contributed by atoms with E-state index < -0.39 is 26.8 Å². The van der Waals surface area contributed by atoms with Crippen molar-refractivity contribution in [2.24, 2.45) is 5.92 Å². The second kappa shape index (κ2) is 17.9. The zero-order chi connectivity index (χ0) is 44.1. The van der Waals surface area contributed by atoms with Gasteiger partial charge in [0.1, 0.15) is 40.1 Å². The van der Waals surface area contributed by atoms with Crippen LogP contribution in [0, 0.1) is 29.9 Å². The van der Waals surface area contributed by atoms with Crippen LogP contribution >= 0.6 is 10.2 Å². The van der Waals surface area contributed by atoms with Crippen LogP contribution in [0.2, 0.25) is 0 Å². The monoisotopic (exact) mass is 874 g/mol. The zero-order valence-corrected chi connectivity index (χ0v) is 35.7.